The standard InChI is InChI=1S/C28H32N2O13.C2H6/c1-17(29-27(35)43-28(3,4)5)24(32)42-23-15-19(11-12-22(23)37-13-8-14-40-30-36)25(33)38-16-39-26(34)20-9-6-7-10-21(20)41-18(2)31;1-2/h6-7,9-12,15,17H,8,13-14,16H2,1-5H3,(H,29,35);1-2H3. The summed E-state index contributed by atoms with van der Waals surface area (Å²) in [5, 5.41) is 4.62. The second-order valence-corrected chi connectivity index (χ2v) is 9.63. The first-order valence-electron chi connectivity index (χ1n) is 13.8. The van der Waals surface area contributed by atoms with Gasteiger partial charge in [-0.05, 0) is 58.0 Å². The van der Waals surface area contributed by atoms with Crippen molar-refractivity contribution < 1.29 is 57.2 Å². The van der Waals surface area contributed by atoms with Gasteiger partial charge in [0, 0.05) is 13.3 Å². The van der Waals surface area contributed by atoms with Crippen molar-refractivity contribution in [2.24, 2.45) is 5.34 Å². The molecule has 0 aliphatic rings. The first-order valence-corrected chi connectivity index (χ1v) is 13.8. The zero-order chi connectivity index (χ0) is 34.0. The SMILES string of the molecule is CC.CC(=O)Oc1ccccc1C(=O)OCOC(=O)c1ccc(OCCCON=O)c(OC(=O)C(C)NC(=O)OC(C)(C)C)c1. The lowest BCUT2D eigenvalue weighted by Crippen LogP contribution is -2.43. The minimum Gasteiger partial charge on any atom is -0.490 e. The van der Waals surface area contributed by atoms with Crippen molar-refractivity contribution in [3.8, 4) is 17.2 Å². The number of alkyl carbamates (subject to hydrolysis) is 1. The number of nitrogens with zero attached hydrogens (tertiary/aromatic N) is 1. The Balaban J connectivity index is 0.00000496. The summed E-state index contributed by atoms with van der Waals surface area (Å²) in [5.74, 6) is -3.59. The molecule has 2 aromatic rings. The summed E-state index contributed by atoms with van der Waals surface area (Å²) in [7, 11) is 0. The Bertz CT molecular complexity index is 1320. The summed E-state index contributed by atoms with van der Waals surface area (Å²) in [6.45, 7) is 10.7. The van der Waals surface area contributed by atoms with E-state index >= 15 is 0 Å². The fraction of sp³-hybridized carbons (Fsp3) is 0.433. The molecular weight excluding hydrogens is 596 g/mol. The number of esters is 4. The molecule has 15 nitrogen and oxygen atoms in total. The Morgan fingerprint density at radius 3 is 2.18 bits per heavy atom. The van der Waals surface area contributed by atoms with Gasteiger partial charge < -0.3 is 38.6 Å². The van der Waals surface area contributed by atoms with Crippen molar-refractivity contribution >= 4 is 30.0 Å². The molecular formula is C30H38N2O13. The largest absolute Gasteiger partial charge is 0.490 e. The molecule has 0 radical (unpaired) electrons. The third-order valence-corrected chi connectivity index (χ3v) is 4.91. The molecule has 246 valence electrons. The Morgan fingerprint density at radius 1 is 0.867 bits per heavy atom. The summed E-state index contributed by atoms with van der Waals surface area (Å²) < 4.78 is 31.0. The maximum Gasteiger partial charge on any atom is 0.408 e. The molecule has 0 aliphatic heterocycles. The van der Waals surface area contributed by atoms with Crippen LogP contribution in [0.2, 0.25) is 0 Å². The summed E-state index contributed by atoms with van der Waals surface area (Å²) in [4.78, 5) is 75.6. The van der Waals surface area contributed by atoms with Crippen molar-refractivity contribution in [3.63, 3.8) is 0 Å². The normalized spacial score (nSPS) is 10.9. The molecule has 0 fully saturated rings. The van der Waals surface area contributed by atoms with Crippen molar-refractivity contribution in [1.29, 1.82) is 0 Å². The number of ether oxygens (including phenoxy) is 6. The Hall–Kier alpha value is -5.21. The van der Waals surface area contributed by atoms with Crippen LogP contribution in [0.15, 0.2) is 47.8 Å². The number of carbonyl (C=O) groups excluding carboxylic acids is 5. The van der Waals surface area contributed by atoms with E-state index in [0.717, 1.165) is 6.07 Å². The number of rotatable bonds is 14. The molecule has 0 aromatic heterocycles. The highest BCUT2D eigenvalue weighted by atomic mass is 16.7. The topological polar surface area (TPSA) is 191 Å². The maximum absolute atomic E-state index is 12.7. The van der Waals surface area contributed by atoms with Crippen LogP contribution in [0.5, 0.6) is 17.2 Å². The van der Waals surface area contributed by atoms with Gasteiger partial charge in [-0.3, -0.25) is 4.79 Å². The number of hydrogen-bond donors (Lipinski definition) is 1. The molecule has 2 rings (SSSR count). The van der Waals surface area contributed by atoms with E-state index in [9.17, 15) is 28.9 Å². The van der Waals surface area contributed by atoms with E-state index in [4.69, 9.17) is 28.4 Å². The van der Waals surface area contributed by atoms with Crippen molar-refractivity contribution in [2.45, 2.75) is 66.5 Å². The molecule has 15 heteroatoms. The van der Waals surface area contributed by atoms with E-state index in [1.54, 1.807) is 26.8 Å². The summed E-state index contributed by atoms with van der Waals surface area (Å²) in [5.41, 5.74) is -0.965. The van der Waals surface area contributed by atoms with Gasteiger partial charge in [0.1, 0.15) is 29.6 Å². The Kier molecular flexibility index (Phi) is 16.1. The first-order chi connectivity index (χ1) is 21.3. The van der Waals surface area contributed by atoms with Gasteiger partial charge in [0.15, 0.2) is 16.8 Å². The zero-order valence-corrected chi connectivity index (χ0v) is 26.2. The van der Waals surface area contributed by atoms with Gasteiger partial charge in [0.05, 0.1) is 12.2 Å². The lowest BCUT2D eigenvalue weighted by Gasteiger charge is -2.21. The quantitative estimate of drug-likeness (QED) is 0.0738. The van der Waals surface area contributed by atoms with Crippen molar-refractivity contribution in [2.75, 3.05) is 20.0 Å². The predicted octanol–water partition coefficient (Wildman–Crippen LogP) is 4.89. The molecule has 0 saturated heterocycles. The van der Waals surface area contributed by atoms with Gasteiger partial charge in [0.25, 0.3) is 0 Å². The molecule has 0 spiro atoms. The van der Waals surface area contributed by atoms with E-state index in [1.807, 2.05) is 13.8 Å². The van der Waals surface area contributed by atoms with Crippen LogP contribution in [-0.2, 0) is 28.6 Å². The minimum atomic E-state index is -1.15. The zero-order valence-electron chi connectivity index (χ0n) is 26.2. The van der Waals surface area contributed by atoms with E-state index in [-0.39, 0.29) is 48.0 Å². The smallest absolute Gasteiger partial charge is 0.408 e. The number of carbonyl (C=O) groups is 5. The molecule has 1 atom stereocenters. The van der Waals surface area contributed by atoms with Crippen LogP contribution in [0.3, 0.4) is 0 Å². The van der Waals surface area contributed by atoms with Gasteiger partial charge in [-0.2, -0.15) is 0 Å². The second kappa shape index (κ2) is 19.1. The molecule has 0 bridgehead atoms. The number of nitrogens with one attached hydrogen (secondary N) is 1. The van der Waals surface area contributed by atoms with Crippen LogP contribution < -0.4 is 19.5 Å². The lowest BCUT2D eigenvalue weighted by atomic mass is 10.2. The molecule has 1 unspecified atom stereocenters. The van der Waals surface area contributed by atoms with Gasteiger partial charge in [-0.25, -0.2) is 19.2 Å². The third-order valence-electron chi connectivity index (χ3n) is 4.91. The number of benzene rings is 2. The highest BCUT2D eigenvalue weighted by Crippen LogP contribution is 2.29. The molecule has 0 aliphatic carbocycles. The van der Waals surface area contributed by atoms with Gasteiger partial charge in [0.2, 0.25) is 6.79 Å². The average molecular weight is 635 g/mol. The highest BCUT2D eigenvalue weighted by Gasteiger charge is 2.24. The summed E-state index contributed by atoms with van der Waals surface area (Å²) in [6, 6.07) is 8.46. The predicted molar refractivity (Wildman–Crippen MR) is 158 cm³/mol. The van der Waals surface area contributed by atoms with Crippen LogP contribution in [-0.4, -0.2) is 61.6 Å². The molecule has 1 N–H and O–H groups in total. The molecule has 0 heterocycles. The molecule has 0 saturated carbocycles. The van der Waals surface area contributed by atoms with Gasteiger partial charge in [-0.1, -0.05) is 26.0 Å². The highest BCUT2D eigenvalue weighted by molar-refractivity contribution is 5.94. The maximum atomic E-state index is 12.7. The summed E-state index contributed by atoms with van der Waals surface area (Å²) in [6.07, 6.45) is -0.592. The molecule has 1 amide bonds. The fourth-order valence-corrected chi connectivity index (χ4v) is 3.09. The van der Waals surface area contributed by atoms with Crippen LogP contribution in [0.1, 0.15) is 75.6 Å². The monoisotopic (exact) mass is 634 g/mol. The Morgan fingerprint density at radius 2 is 1.53 bits per heavy atom. The van der Waals surface area contributed by atoms with Crippen LogP contribution >= 0.6 is 0 Å². The van der Waals surface area contributed by atoms with Gasteiger partial charge >= 0.3 is 30.0 Å². The molecule has 45 heavy (non-hydrogen) atoms. The number of hydrogen-bond acceptors (Lipinski definition) is 14. The van der Waals surface area contributed by atoms with E-state index in [1.165, 1.54) is 44.2 Å². The van der Waals surface area contributed by atoms with Crippen LogP contribution in [0.4, 0.5) is 4.79 Å². The van der Waals surface area contributed by atoms with Crippen molar-refractivity contribution in [1.82, 2.24) is 5.32 Å². The third kappa shape index (κ3) is 14.2. The Labute approximate surface area is 260 Å². The van der Waals surface area contributed by atoms with Crippen molar-refractivity contribution in [3.05, 3.63) is 58.5 Å². The van der Waals surface area contributed by atoms with E-state index < -0.39 is 48.4 Å². The van der Waals surface area contributed by atoms with Crippen LogP contribution in [0.25, 0.3) is 0 Å². The fourth-order valence-electron chi connectivity index (χ4n) is 3.09. The van der Waals surface area contributed by atoms with Crippen LogP contribution in [0, 0.1) is 4.91 Å². The number of amides is 1. The first kappa shape index (κ1) is 37.8. The second-order valence-electron chi connectivity index (χ2n) is 9.63. The minimum absolute atomic E-state index is 0.0239. The number of para-hydroxylation sites is 1. The molecule has 2 aromatic carbocycles. The lowest BCUT2D eigenvalue weighted by molar-refractivity contribution is -0.136. The van der Waals surface area contributed by atoms with E-state index in [2.05, 4.69) is 15.5 Å². The van der Waals surface area contributed by atoms with E-state index in [0.29, 0.717) is 0 Å². The summed E-state index contributed by atoms with van der Waals surface area (Å²) >= 11 is 0. The average Bonchev–Trinajstić information content (AvgIpc) is 2.97. The van der Waals surface area contributed by atoms with Gasteiger partial charge in [-0.15, -0.1) is 4.91 Å².